The summed E-state index contributed by atoms with van der Waals surface area (Å²) in [5.74, 6) is 0.00375. The lowest BCUT2D eigenvalue weighted by atomic mass is 10.1. The Morgan fingerprint density at radius 1 is 1.32 bits per heavy atom. The summed E-state index contributed by atoms with van der Waals surface area (Å²) in [6, 6.07) is 7.59. The van der Waals surface area contributed by atoms with E-state index in [1.54, 1.807) is 55.3 Å². The average Bonchev–Trinajstić information content (AvgIpc) is 3.03. The van der Waals surface area contributed by atoms with Crippen LogP contribution in [-0.2, 0) is 7.05 Å². The van der Waals surface area contributed by atoms with E-state index in [1.165, 1.54) is 18.3 Å². The molecule has 0 bridgehead atoms. The highest BCUT2D eigenvalue weighted by molar-refractivity contribution is 5.91. The number of aromatic nitrogens is 3. The molecule has 0 aliphatic heterocycles. The highest BCUT2D eigenvalue weighted by Crippen LogP contribution is 2.26. The molecule has 1 aromatic carbocycles. The molecule has 0 unspecified atom stereocenters. The number of imidazole rings is 1. The molecule has 0 aliphatic rings. The number of carbonyl (C=O) groups is 1. The number of carbonyl (C=O) groups excluding carboxylic acids is 1. The van der Waals surface area contributed by atoms with Gasteiger partial charge in [0.05, 0.1) is 12.2 Å². The number of halogens is 1. The van der Waals surface area contributed by atoms with E-state index in [-0.39, 0.29) is 17.7 Å². The van der Waals surface area contributed by atoms with E-state index in [1.807, 2.05) is 0 Å². The molecule has 0 radical (unpaired) electrons. The smallest absolute Gasteiger partial charge is 0.287 e. The SMILES string of the molecule is C[C@@H](NC(=O)c1nccn1C)c1ccc(Oc2cccnc2)c(F)c1. The predicted molar refractivity (Wildman–Crippen MR) is 89.8 cm³/mol. The van der Waals surface area contributed by atoms with Gasteiger partial charge < -0.3 is 14.6 Å². The second kappa shape index (κ2) is 7.12. The number of aryl methyl sites for hydroxylation is 1. The van der Waals surface area contributed by atoms with Gasteiger partial charge in [0.1, 0.15) is 5.75 Å². The van der Waals surface area contributed by atoms with Gasteiger partial charge in [0.25, 0.3) is 5.91 Å². The van der Waals surface area contributed by atoms with E-state index in [2.05, 4.69) is 15.3 Å². The van der Waals surface area contributed by atoms with E-state index in [0.29, 0.717) is 17.1 Å². The summed E-state index contributed by atoms with van der Waals surface area (Å²) in [7, 11) is 1.73. The number of rotatable bonds is 5. The number of nitrogens with zero attached hydrogens (tertiary/aromatic N) is 3. The summed E-state index contributed by atoms with van der Waals surface area (Å²) in [6.07, 6.45) is 6.34. The zero-order valence-electron chi connectivity index (χ0n) is 13.8. The van der Waals surface area contributed by atoms with Crippen LogP contribution in [0.25, 0.3) is 0 Å². The first-order valence-corrected chi connectivity index (χ1v) is 7.70. The molecular formula is C18H17FN4O2. The molecule has 1 N–H and O–H groups in total. The number of nitrogens with one attached hydrogen (secondary N) is 1. The Kier molecular flexibility index (Phi) is 4.74. The first-order chi connectivity index (χ1) is 12.0. The van der Waals surface area contributed by atoms with Crippen LogP contribution < -0.4 is 10.1 Å². The number of pyridine rings is 1. The lowest BCUT2D eigenvalue weighted by Gasteiger charge is -2.15. The van der Waals surface area contributed by atoms with Crippen LogP contribution in [-0.4, -0.2) is 20.4 Å². The fourth-order valence-corrected chi connectivity index (χ4v) is 2.33. The minimum atomic E-state index is -0.514. The molecule has 2 aromatic heterocycles. The number of benzene rings is 1. The Hall–Kier alpha value is -3.22. The van der Waals surface area contributed by atoms with Crippen LogP contribution in [0.4, 0.5) is 4.39 Å². The fourth-order valence-electron chi connectivity index (χ4n) is 2.33. The minimum Gasteiger partial charge on any atom is -0.453 e. The van der Waals surface area contributed by atoms with E-state index in [4.69, 9.17) is 4.74 Å². The number of amides is 1. The van der Waals surface area contributed by atoms with Crippen LogP contribution in [0.15, 0.2) is 55.1 Å². The van der Waals surface area contributed by atoms with Crippen molar-refractivity contribution in [3.8, 4) is 11.5 Å². The quantitative estimate of drug-likeness (QED) is 0.774. The standard InChI is InChI=1S/C18H17FN4O2/c1-12(22-18(24)17-21-8-9-23(17)2)13-5-6-16(15(19)10-13)25-14-4-3-7-20-11-14/h3-12H,1-2H3,(H,22,24)/t12-/m1/s1. The van der Waals surface area contributed by atoms with Crippen molar-refractivity contribution in [2.75, 3.05) is 0 Å². The third-order valence-corrected chi connectivity index (χ3v) is 3.69. The van der Waals surface area contributed by atoms with Crippen molar-refractivity contribution < 1.29 is 13.9 Å². The van der Waals surface area contributed by atoms with Crippen molar-refractivity contribution in [2.45, 2.75) is 13.0 Å². The van der Waals surface area contributed by atoms with Crippen LogP contribution >= 0.6 is 0 Å². The summed E-state index contributed by atoms with van der Waals surface area (Å²) < 4.78 is 21.4. The van der Waals surface area contributed by atoms with E-state index in [0.717, 1.165) is 0 Å². The molecule has 0 saturated carbocycles. The second-order valence-electron chi connectivity index (χ2n) is 5.54. The summed E-state index contributed by atoms with van der Waals surface area (Å²) >= 11 is 0. The van der Waals surface area contributed by atoms with Gasteiger partial charge in [0.15, 0.2) is 17.4 Å². The average molecular weight is 340 g/mol. The second-order valence-corrected chi connectivity index (χ2v) is 5.54. The van der Waals surface area contributed by atoms with Gasteiger partial charge in [-0.05, 0) is 36.8 Å². The van der Waals surface area contributed by atoms with Gasteiger partial charge in [-0.15, -0.1) is 0 Å². The molecule has 25 heavy (non-hydrogen) atoms. The van der Waals surface area contributed by atoms with Gasteiger partial charge in [-0.1, -0.05) is 6.07 Å². The summed E-state index contributed by atoms with van der Waals surface area (Å²) in [5.41, 5.74) is 0.624. The molecule has 0 fully saturated rings. The predicted octanol–water partition coefficient (Wildman–Crippen LogP) is 3.24. The van der Waals surface area contributed by atoms with Gasteiger partial charge in [-0.25, -0.2) is 9.37 Å². The molecule has 3 rings (SSSR count). The molecule has 2 heterocycles. The highest BCUT2D eigenvalue weighted by atomic mass is 19.1. The van der Waals surface area contributed by atoms with Gasteiger partial charge in [-0.2, -0.15) is 0 Å². The Morgan fingerprint density at radius 3 is 2.80 bits per heavy atom. The van der Waals surface area contributed by atoms with E-state index < -0.39 is 5.82 Å². The first-order valence-electron chi connectivity index (χ1n) is 7.70. The van der Waals surface area contributed by atoms with Crippen molar-refractivity contribution in [1.82, 2.24) is 19.9 Å². The zero-order chi connectivity index (χ0) is 17.8. The molecule has 3 aromatic rings. The Morgan fingerprint density at radius 2 is 2.16 bits per heavy atom. The Labute approximate surface area is 144 Å². The van der Waals surface area contributed by atoms with E-state index in [9.17, 15) is 9.18 Å². The van der Waals surface area contributed by atoms with Crippen molar-refractivity contribution in [2.24, 2.45) is 7.05 Å². The van der Waals surface area contributed by atoms with Gasteiger partial charge in [0, 0.05) is 25.6 Å². The first kappa shape index (κ1) is 16.6. The minimum absolute atomic E-state index is 0.0966. The monoisotopic (exact) mass is 340 g/mol. The zero-order valence-corrected chi connectivity index (χ0v) is 13.8. The van der Waals surface area contributed by atoms with Gasteiger partial charge in [-0.3, -0.25) is 9.78 Å². The molecule has 1 atom stereocenters. The summed E-state index contributed by atoms with van der Waals surface area (Å²) in [6.45, 7) is 1.78. The van der Waals surface area contributed by atoms with Crippen LogP contribution in [0.1, 0.15) is 29.1 Å². The molecule has 0 aliphatic carbocycles. The maximum absolute atomic E-state index is 14.3. The summed E-state index contributed by atoms with van der Waals surface area (Å²) in [4.78, 5) is 20.1. The Bertz CT molecular complexity index is 880. The number of ether oxygens (including phenoxy) is 1. The van der Waals surface area contributed by atoms with Crippen LogP contribution in [0.5, 0.6) is 11.5 Å². The maximum Gasteiger partial charge on any atom is 0.287 e. The Balaban J connectivity index is 1.71. The molecule has 0 saturated heterocycles. The molecule has 1 amide bonds. The van der Waals surface area contributed by atoms with Crippen LogP contribution in [0.3, 0.4) is 0 Å². The van der Waals surface area contributed by atoms with Crippen molar-refractivity contribution in [3.05, 3.63) is 72.3 Å². The van der Waals surface area contributed by atoms with Gasteiger partial charge >= 0.3 is 0 Å². The molecule has 6 nitrogen and oxygen atoms in total. The molecule has 128 valence electrons. The van der Waals surface area contributed by atoms with E-state index >= 15 is 0 Å². The molecule has 0 spiro atoms. The van der Waals surface area contributed by atoms with Crippen LogP contribution in [0, 0.1) is 5.82 Å². The third kappa shape index (κ3) is 3.82. The molecular weight excluding hydrogens is 323 g/mol. The van der Waals surface area contributed by atoms with Crippen molar-refractivity contribution in [3.63, 3.8) is 0 Å². The lowest BCUT2D eigenvalue weighted by molar-refractivity contribution is 0.0926. The summed E-state index contributed by atoms with van der Waals surface area (Å²) in [5, 5.41) is 2.80. The highest BCUT2D eigenvalue weighted by Gasteiger charge is 2.16. The number of hydrogen-bond acceptors (Lipinski definition) is 4. The third-order valence-electron chi connectivity index (χ3n) is 3.69. The largest absolute Gasteiger partial charge is 0.453 e. The normalized spacial score (nSPS) is 11.8. The molecule has 7 heteroatoms. The lowest BCUT2D eigenvalue weighted by Crippen LogP contribution is -2.29. The topological polar surface area (TPSA) is 69.0 Å². The van der Waals surface area contributed by atoms with Crippen LogP contribution in [0.2, 0.25) is 0 Å². The van der Waals surface area contributed by atoms with Crippen molar-refractivity contribution in [1.29, 1.82) is 0 Å². The fraction of sp³-hybridized carbons (Fsp3) is 0.167. The number of hydrogen-bond donors (Lipinski definition) is 1. The maximum atomic E-state index is 14.3. The van der Waals surface area contributed by atoms with Crippen molar-refractivity contribution >= 4 is 5.91 Å². The van der Waals surface area contributed by atoms with Gasteiger partial charge in [0.2, 0.25) is 0 Å².